The number of nitrogens with zero attached hydrogens (tertiary/aromatic N) is 2. The number of rotatable bonds is 2. The van der Waals surface area contributed by atoms with Crippen LogP contribution in [0.5, 0.6) is 11.5 Å². The highest BCUT2D eigenvalue weighted by atomic mass is 79.9. The second kappa shape index (κ2) is 7.08. The first-order chi connectivity index (χ1) is 13.6. The Hall–Kier alpha value is -2.05. The normalized spacial score (nSPS) is 24.1. The van der Waals surface area contributed by atoms with E-state index in [1.165, 1.54) is 12.3 Å². The molecule has 0 aliphatic carbocycles. The van der Waals surface area contributed by atoms with Crippen LogP contribution in [0.25, 0.3) is 0 Å². The first kappa shape index (κ1) is 18.0. The molecule has 3 heterocycles. The molecule has 146 valence electrons. The van der Waals surface area contributed by atoms with Crippen LogP contribution in [0.15, 0.2) is 46.9 Å². The van der Waals surface area contributed by atoms with Crippen LogP contribution >= 0.6 is 15.9 Å². The molecule has 5 nitrogen and oxygen atoms in total. The third-order valence-electron chi connectivity index (χ3n) is 5.82. The zero-order valence-corrected chi connectivity index (χ0v) is 17.3. The quantitative estimate of drug-likeness (QED) is 0.715. The van der Waals surface area contributed by atoms with E-state index in [1.807, 2.05) is 42.5 Å². The molecule has 0 aromatic heterocycles. The van der Waals surface area contributed by atoms with Gasteiger partial charge in [0.15, 0.2) is 18.0 Å². The number of halogens is 1. The lowest BCUT2D eigenvalue weighted by Crippen LogP contribution is -2.47. The van der Waals surface area contributed by atoms with E-state index < -0.39 is 5.72 Å². The zero-order valence-electron chi connectivity index (χ0n) is 15.7. The summed E-state index contributed by atoms with van der Waals surface area (Å²) in [4.78, 5) is 2.11. The molecule has 0 spiro atoms. The molecule has 1 atom stereocenters. The number of benzene rings is 2. The highest BCUT2D eigenvalue weighted by Crippen LogP contribution is 2.41. The minimum atomic E-state index is -1.11. The highest BCUT2D eigenvalue weighted by Gasteiger charge is 2.54. The van der Waals surface area contributed by atoms with Crippen molar-refractivity contribution in [3.63, 3.8) is 0 Å². The molecule has 1 unspecified atom stereocenters. The van der Waals surface area contributed by atoms with E-state index >= 15 is 0 Å². The van der Waals surface area contributed by atoms with E-state index in [1.54, 1.807) is 0 Å². The molecule has 2 aromatic carbocycles. The van der Waals surface area contributed by atoms with E-state index in [0.29, 0.717) is 19.8 Å². The molecule has 2 aromatic rings. The highest BCUT2D eigenvalue weighted by molar-refractivity contribution is 9.10. The van der Waals surface area contributed by atoms with Gasteiger partial charge in [0.25, 0.3) is 11.6 Å². The van der Waals surface area contributed by atoms with E-state index in [4.69, 9.17) is 9.47 Å². The van der Waals surface area contributed by atoms with Crippen LogP contribution < -0.4 is 14.4 Å². The van der Waals surface area contributed by atoms with Gasteiger partial charge in [0, 0.05) is 22.5 Å². The number of aliphatic hydroxyl groups is 1. The molecule has 5 rings (SSSR count). The maximum Gasteiger partial charge on any atom is 0.275 e. The molecular weight excluding hydrogens is 420 g/mol. The number of fused-ring (bicyclic) bond motifs is 1. The van der Waals surface area contributed by atoms with Gasteiger partial charge in [-0.3, -0.25) is 4.58 Å². The molecule has 28 heavy (non-hydrogen) atoms. The summed E-state index contributed by atoms with van der Waals surface area (Å²) in [6.07, 6.45) is 4.50. The monoisotopic (exact) mass is 443 g/mol. The van der Waals surface area contributed by atoms with E-state index in [-0.39, 0.29) is 0 Å². The maximum absolute atomic E-state index is 12.0. The van der Waals surface area contributed by atoms with Gasteiger partial charge in [0.2, 0.25) is 0 Å². The summed E-state index contributed by atoms with van der Waals surface area (Å²) in [7, 11) is 0. The Morgan fingerprint density at radius 3 is 2.57 bits per heavy atom. The third kappa shape index (κ3) is 2.99. The lowest BCUT2D eigenvalue weighted by atomic mass is 10.00. The summed E-state index contributed by atoms with van der Waals surface area (Å²) in [5.74, 6) is 2.71. The van der Waals surface area contributed by atoms with Gasteiger partial charge in [-0.05, 0) is 43.5 Å². The van der Waals surface area contributed by atoms with Crippen molar-refractivity contribution >= 4 is 27.5 Å². The van der Waals surface area contributed by atoms with Crippen molar-refractivity contribution < 1.29 is 19.2 Å². The molecule has 0 saturated carbocycles. The molecule has 6 heteroatoms. The van der Waals surface area contributed by atoms with Gasteiger partial charge < -0.3 is 14.6 Å². The Morgan fingerprint density at radius 1 is 0.964 bits per heavy atom. The number of hydrogen-bond donors (Lipinski definition) is 1. The fraction of sp³-hybridized carbons (Fsp3) is 0.409. The average molecular weight is 444 g/mol. The van der Waals surface area contributed by atoms with Crippen molar-refractivity contribution in [2.45, 2.75) is 31.4 Å². The Kier molecular flexibility index (Phi) is 4.56. The fourth-order valence-electron chi connectivity index (χ4n) is 4.49. The van der Waals surface area contributed by atoms with Crippen LogP contribution in [0, 0.1) is 0 Å². The van der Waals surface area contributed by atoms with Crippen molar-refractivity contribution in [3.05, 3.63) is 52.5 Å². The first-order valence-corrected chi connectivity index (χ1v) is 10.7. The topological polar surface area (TPSA) is 44.9 Å². The third-order valence-corrected chi connectivity index (χ3v) is 6.35. The number of anilines is 1. The van der Waals surface area contributed by atoms with Gasteiger partial charge in [0.1, 0.15) is 18.9 Å². The average Bonchev–Trinajstić information content (AvgIpc) is 2.84. The molecule has 3 aliphatic heterocycles. The van der Waals surface area contributed by atoms with Gasteiger partial charge in [0.05, 0.1) is 6.54 Å². The van der Waals surface area contributed by atoms with Crippen LogP contribution in [0.3, 0.4) is 0 Å². The zero-order chi connectivity index (χ0) is 19.1. The Bertz CT molecular complexity index is 928. The van der Waals surface area contributed by atoms with E-state index in [2.05, 4.69) is 25.4 Å². The summed E-state index contributed by atoms with van der Waals surface area (Å²) in [5, 5.41) is 12.0. The smallest absolute Gasteiger partial charge is 0.275 e. The van der Waals surface area contributed by atoms with Gasteiger partial charge >= 0.3 is 0 Å². The van der Waals surface area contributed by atoms with Crippen molar-refractivity contribution in [1.29, 1.82) is 0 Å². The van der Waals surface area contributed by atoms with Crippen molar-refractivity contribution in [3.8, 4) is 11.5 Å². The maximum atomic E-state index is 12.0. The Morgan fingerprint density at radius 2 is 1.75 bits per heavy atom. The van der Waals surface area contributed by atoms with Gasteiger partial charge in [-0.1, -0.05) is 28.1 Å². The lowest BCUT2D eigenvalue weighted by Gasteiger charge is -2.30. The molecule has 0 bridgehead atoms. The predicted molar refractivity (Wildman–Crippen MR) is 111 cm³/mol. The van der Waals surface area contributed by atoms with Crippen molar-refractivity contribution in [1.82, 2.24) is 0 Å². The van der Waals surface area contributed by atoms with Gasteiger partial charge in [-0.2, -0.15) is 4.90 Å². The Balaban J connectivity index is 1.62. The summed E-state index contributed by atoms with van der Waals surface area (Å²) >= 11 is 3.50. The predicted octanol–water partition coefficient (Wildman–Crippen LogP) is 3.87. The van der Waals surface area contributed by atoms with Gasteiger partial charge in [-0.15, -0.1) is 0 Å². The second-order valence-electron chi connectivity index (χ2n) is 7.64. The molecule has 0 radical (unpaired) electrons. The molecule has 0 saturated heterocycles. The molecule has 1 N–H and O–H groups in total. The minimum absolute atomic E-state index is 0.552. The van der Waals surface area contributed by atoms with Crippen LogP contribution in [-0.4, -0.2) is 41.8 Å². The summed E-state index contributed by atoms with van der Waals surface area (Å²) < 4.78 is 14.9. The lowest BCUT2D eigenvalue weighted by molar-refractivity contribution is -0.534. The first-order valence-electron chi connectivity index (χ1n) is 9.94. The molecule has 0 fully saturated rings. The summed E-state index contributed by atoms with van der Waals surface area (Å²) in [6.45, 7) is 2.67. The molecule has 3 aliphatic rings. The largest absolute Gasteiger partial charge is 0.486 e. The number of ether oxygens (including phenoxy) is 2. The SMILES string of the molecule is OC1(c2ccc(Br)cc2)C[N+]2=C(CCCCC2)N1c1ccc2c(c1)OCCO2. The molecular formula is C22H24BrN2O3+. The Labute approximate surface area is 173 Å². The van der Waals surface area contributed by atoms with Crippen LogP contribution in [0.2, 0.25) is 0 Å². The van der Waals surface area contributed by atoms with Crippen molar-refractivity contribution in [2.24, 2.45) is 0 Å². The standard InChI is InChI=1S/C22H24BrN2O3/c23-17-7-5-16(6-8-17)22(26)15-24-11-3-1-2-4-21(24)25(22)18-9-10-19-20(14-18)28-13-12-27-19/h5-10,14,26H,1-4,11-13,15H2/q+1. The second-order valence-corrected chi connectivity index (χ2v) is 8.55. The van der Waals surface area contributed by atoms with Crippen LogP contribution in [0.1, 0.15) is 31.2 Å². The van der Waals surface area contributed by atoms with E-state index in [0.717, 1.165) is 53.0 Å². The van der Waals surface area contributed by atoms with E-state index in [9.17, 15) is 5.11 Å². The minimum Gasteiger partial charge on any atom is -0.486 e. The summed E-state index contributed by atoms with van der Waals surface area (Å²) in [6, 6.07) is 14.0. The number of hydrogen-bond acceptors (Lipinski definition) is 4. The fourth-order valence-corrected chi connectivity index (χ4v) is 4.76. The number of amidine groups is 1. The summed E-state index contributed by atoms with van der Waals surface area (Å²) in [5.41, 5.74) is 0.720. The molecule has 0 amide bonds. The van der Waals surface area contributed by atoms with Gasteiger partial charge in [-0.25, -0.2) is 0 Å². The van der Waals surface area contributed by atoms with Crippen LogP contribution in [-0.2, 0) is 5.72 Å². The van der Waals surface area contributed by atoms with Crippen LogP contribution in [0.4, 0.5) is 5.69 Å². The van der Waals surface area contributed by atoms with Crippen molar-refractivity contribution in [2.75, 3.05) is 31.2 Å².